The van der Waals surface area contributed by atoms with Crippen LogP contribution < -0.4 is 0 Å². The molecule has 1 saturated heterocycles. The van der Waals surface area contributed by atoms with Crippen molar-refractivity contribution in [3.8, 4) is 11.3 Å². The van der Waals surface area contributed by atoms with Crippen LogP contribution in [0, 0.1) is 5.82 Å². The average molecular weight is 386 g/mol. The van der Waals surface area contributed by atoms with Crippen LogP contribution in [-0.2, 0) is 6.54 Å². The summed E-state index contributed by atoms with van der Waals surface area (Å²) in [5.74, 6) is 0.0934. The molecule has 1 aliphatic rings. The van der Waals surface area contributed by atoms with Gasteiger partial charge in [-0.1, -0.05) is 6.07 Å². The van der Waals surface area contributed by atoms with Crippen LogP contribution in [0.3, 0.4) is 0 Å². The van der Waals surface area contributed by atoms with Gasteiger partial charge in [0.05, 0.1) is 11.4 Å². The van der Waals surface area contributed by atoms with E-state index in [1.807, 2.05) is 6.20 Å². The van der Waals surface area contributed by atoms with Crippen molar-refractivity contribution < 1.29 is 4.39 Å². The molecule has 0 saturated carbocycles. The molecule has 1 atom stereocenters. The van der Waals surface area contributed by atoms with Gasteiger partial charge < -0.3 is 4.98 Å². The minimum absolute atomic E-state index is 0.234. The number of halogens is 1. The van der Waals surface area contributed by atoms with Gasteiger partial charge in [0.1, 0.15) is 5.82 Å². The summed E-state index contributed by atoms with van der Waals surface area (Å²) in [6.45, 7) is 2.98. The SMILES string of the molecule is Fc1ccc(-c2nccnc2C2CCCN(Cc3ccc4[nH]ccc4c3)C2)cc1. The molecule has 0 amide bonds. The number of piperidine rings is 1. The Morgan fingerprint density at radius 2 is 1.90 bits per heavy atom. The van der Waals surface area contributed by atoms with E-state index in [-0.39, 0.29) is 5.82 Å². The molecule has 4 nitrogen and oxygen atoms in total. The quantitative estimate of drug-likeness (QED) is 0.528. The maximum absolute atomic E-state index is 13.3. The lowest BCUT2D eigenvalue weighted by Crippen LogP contribution is -2.34. The van der Waals surface area contributed by atoms with Crippen molar-refractivity contribution in [3.05, 3.63) is 84.2 Å². The molecule has 0 spiro atoms. The van der Waals surface area contributed by atoms with Crippen molar-refractivity contribution in [1.29, 1.82) is 0 Å². The fraction of sp³-hybridized carbons (Fsp3) is 0.250. The Morgan fingerprint density at radius 3 is 2.79 bits per heavy atom. The smallest absolute Gasteiger partial charge is 0.123 e. The number of hydrogen-bond acceptors (Lipinski definition) is 3. The highest BCUT2D eigenvalue weighted by Crippen LogP contribution is 2.32. The van der Waals surface area contributed by atoms with E-state index in [1.54, 1.807) is 24.5 Å². The summed E-state index contributed by atoms with van der Waals surface area (Å²) in [6, 6.07) is 15.3. The minimum Gasteiger partial charge on any atom is -0.361 e. The van der Waals surface area contributed by atoms with Gasteiger partial charge in [-0.15, -0.1) is 0 Å². The molecule has 1 unspecified atom stereocenters. The second kappa shape index (κ2) is 7.76. The van der Waals surface area contributed by atoms with Crippen molar-refractivity contribution in [2.24, 2.45) is 0 Å². The first-order valence-corrected chi connectivity index (χ1v) is 10.1. The van der Waals surface area contributed by atoms with Crippen LogP contribution in [-0.4, -0.2) is 32.9 Å². The second-order valence-electron chi connectivity index (χ2n) is 7.77. The van der Waals surface area contributed by atoms with E-state index in [2.05, 4.69) is 44.1 Å². The molecule has 0 radical (unpaired) electrons. The van der Waals surface area contributed by atoms with Gasteiger partial charge in [0.25, 0.3) is 0 Å². The van der Waals surface area contributed by atoms with Crippen LogP contribution in [0.15, 0.2) is 67.1 Å². The molecule has 2 aromatic heterocycles. The molecule has 5 rings (SSSR count). The van der Waals surface area contributed by atoms with Gasteiger partial charge in [0.15, 0.2) is 0 Å². The summed E-state index contributed by atoms with van der Waals surface area (Å²) < 4.78 is 13.3. The summed E-state index contributed by atoms with van der Waals surface area (Å²) in [4.78, 5) is 15.0. The molecule has 1 N–H and O–H groups in total. The number of rotatable bonds is 4. The summed E-state index contributed by atoms with van der Waals surface area (Å²) in [7, 11) is 0. The summed E-state index contributed by atoms with van der Waals surface area (Å²) in [6.07, 6.45) is 7.70. The summed E-state index contributed by atoms with van der Waals surface area (Å²) in [5.41, 5.74) is 5.31. The molecule has 0 bridgehead atoms. The van der Waals surface area contributed by atoms with Gasteiger partial charge in [-0.25, -0.2) is 4.39 Å². The first-order valence-electron chi connectivity index (χ1n) is 10.1. The highest BCUT2D eigenvalue weighted by Gasteiger charge is 2.25. The van der Waals surface area contributed by atoms with Crippen molar-refractivity contribution in [2.45, 2.75) is 25.3 Å². The standard InChI is InChI=1S/C24H23FN4/c25-21-6-4-18(5-7-21)23-24(28-12-11-27-23)20-2-1-13-29(16-20)15-17-3-8-22-19(14-17)9-10-26-22/h3-12,14,20,26H,1-2,13,15-16H2. The number of nitrogens with one attached hydrogen (secondary N) is 1. The number of nitrogens with zero attached hydrogens (tertiary/aromatic N) is 3. The second-order valence-corrected chi connectivity index (χ2v) is 7.77. The first-order chi connectivity index (χ1) is 14.3. The third kappa shape index (κ3) is 3.78. The Hall–Kier alpha value is -3.05. The van der Waals surface area contributed by atoms with Gasteiger partial charge in [-0.3, -0.25) is 14.9 Å². The Bertz CT molecular complexity index is 1120. The molecular formula is C24H23FN4. The average Bonchev–Trinajstić information content (AvgIpc) is 3.22. The Balaban J connectivity index is 1.37. The minimum atomic E-state index is -0.234. The van der Waals surface area contributed by atoms with E-state index in [4.69, 9.17) is 0 Å². The number of hydrogen-bond donors (Lipinski definition) is 1. The Kier molecular flexibility index (Phi) is 4.82. The largest absolute Gasteiger partial charge is 0.361 e. The molecular weight excluding hydrogens is 363 g/mol. The molecule has 29 heavy (non-hydrogen) atoms. The third-order valence-corrected chi connectivity index (χ3v) is 5.76. The number of benzene rings is 2. The topological polar surface area (TPSA) is 44.8 Å². The lowest BCUT2D eigenvalue weighted by Gasteiger charge is -2.33. The van der Waals surface area contributed by atoms with E-state index in [1.165, 1.54) is 28.6 Å². The van der Waals surface area contributed by atoms with Gasteiger partial charge in [-0.05, 0) is 72.8 Å². The van der Waals surface area contributed by atoms with E-state index in [9.17, 15) is 4.39 Å². The molecule has 1 fully saturated rings. The molecule has 1 aliphatic heterocycles. The number of H-pyrrole nitrogens is 1. The number of fused-ring (bicyclic) bond motifs is 1. The Morgan fingerprint density at radius 1 is 1.03 bits per heavy atom. The molecule has 2 aromatic carbocycles. The summed E-state index contributed by atoms with van der Waals surface area (Å²) >= 11 is 0. The normalized spacial score (nSPS) is 17.6. The Labute approximate surface area is 169 Å². The zero-order chi connectivity index (χ0) is 19.6. The molecule has 4 aromatic rings. The molecule has 3 heterocycles. The van der Waals surface area contributed by atoms with Gasteiger partial charge in [0, 0.05) is 48.7 Å². The highest BCUT2D eigenvalue weighted by molar-refractivity contribution is 5.79. The number of aromatic amines is 1. The van der Waals surface area contributed by atoms with Crippen molar-refractivity contribution in [1.82, 2.24) is 19.9 Å². The molecule has 5 heteroatoms. The fourth-order valence-corrected chi connectivity index (χ4v) is 4.36. The van der Waals surface area contributed by atoms with Crippen LogP contribution >= 0.6 is 0 Å². The third-order valence-electron chi connectivity index (χ3n) is 5.76. The van der Waals surface area contributed by atoms with Crippen molar-refractivity contribution in [3.63, 3.8) is 0 Å². The maximum atomic E-state index is 13.3. The predicted octanol–water partition coefficient (Wildman–Crippen LogP) is 5.14. The van der Waals surface area contributed by atoms with Crippen molar-refractivity contribution >= 4 is 10.9 Å². The zero-order valence-corrected chi connectivity index (χ0v) is 16.2. The van der Waals surface area contributed by atoms with Crippen LogP contribution in [0.25, 0.3) is 22.2 Å². The van der Waals surface area contributed by atoms with Crippen LogP contribution in [0.2, 0.25) is 0 Å². The zero-order valence-electron chi connectivity index (χ0n) is 16.2. The van der Waals surface area contributed by atoms with Gasteiger partial charge >= 0.3 is 0 Å². The lowest BCUT2D eigenvalue weighted by molar-refractivity contribution is 0.198. The van der Waals surface area contributed by atoms with Crippen LogP contribution in [0.1, 0.15) is 30.0 Å². The van der Waals surface area contributed by atoms with E-state index in [0.717, 1.165) is 49.4 Å². The van der Waals surface area contributed by atoms with Gasteiger partial charge in [-0.2, -0.15) is 0 Å². The number of aromatic nitrogens is 3. The molecule has 146 valence electrons. The van der Waals surface area contributed by atoms with E-state index < -0.39 is 0 Å². The monoisotopic (exact) mass is 386 g/mol. The summed E-state index contributed by atoms with van der Waals surface area (Å²) in [5, 5.41) is 1.25. The van der Waals surface area contributed by atoms with Crippen molar-refractivity contribution in [2.75, 3.05) is 13.1 Å². The lowest BCUT2D eigenvalue weighted by atomic mass is 9.91. The van der Waals surface area contributed by atoms with E-state index in [0.29, 0.717) is 5.92 Å². The first kappa shape index (κ1) is 18.0. The highest BCUT2D eigenvalue weighted by atomic mass is 19.1. The molecule has 0 aliphatic carbocycles. The number of likely N-dealkylation sites (tertiary alicyclic amines) is 1. The van der Waals surface area contributed by atoms with Crippen LogP contribution in [0.5, 0.6) is 0 Å². The van der Waals surface area contributed by atoms with Gasteiger partial charge in [0.2, 0.25) is 0 Å². The van der Waals surface area contributed by atoms with Crippen LogP contribution in [0.4, 0.5) is 4.39 Å². The maximum Gasteiger partial charge on any atom is 0.123 e. The van der Waals surface area contributed by atoms with E-state index >= 15 is 0 Å². The fourth-order valence-electron chi connectivity index (χ4n) is 4.36. The predicted molar refractivity (Wildman–Crippen MR) is 113 cm³/mol.